The van der Waals surface area contributed by atoms with Gasteiger partial charge in [-0.25, -0.2) is 0 Å². The fraction of sp³-hybridized carbons (Fsp3) is 1.00. The number of rotatable bonds is 8. The van der Waals surface area contributed by atoms with Gasteiger partial charge < -0.3 is 5.32 Å². The lowest BCUT2D eigenvalue weighted by atomic mass is 9.90. The standard InChI is InChI=1S/C16H33N/c1-12(2)9-15(10-13(3)4)17-11-16(7-8-16)14(5)6/h12-15,17H,7-11H2,1-6H3. The summed E-state index contributed by atoms with van der Waals surface area (Å²) in [6.07, 6.45) is 5.53. The molecule has 0 atom stereocenters. The minimum atomic E-state index is 0.645. The maximum absolute atomic E-state index is 3.87. The molecule has 0 spiro atoms. The number of nitrogens with one attached hydrogen (secondary N) is 1. The fourth-order valence-corrected chi connectivity index (χ4v) is 2.87. The van der Waals surface area contributed by atoms with Crippen LogP contribution in [0.5, 0.6) is 0 Å². The van der Waals surface area contributed by atoms with E-state index >= 15 is 0 Å². The molecule has 0 aromatic carbocycles. The maximum atomic E-state index is 3.87. The molecule has 1 fully saturated rings. The van der Waals surface area contributed by atoms with Gasteiger partial charge in [0.05, 0.1) is 0 Å². The van der Waals surface area contributed by atoms with Crippen molar-refractivity contribution in [3.63, 3.8) is 0 Å². The maximum Gasteiger partial charge on any atom is 0.00721 e. The van der Waals surface area contributed by atoms with E-state index < -0.39 is 0 Å². The van der Waals surface area contributed by atoms with Crippen molar-refractivity contribution in [2.24, 2.45) is 23.2 Å². The van der Waals surface area contributed by atoms with E-state index in [2.05, 4.69) is 46.9 Å². The average Bonchev–Trinajstić information content (AvgIpc) is 2.93. The van der Waals surface area contributed by atoms with Crippen molar-refractivity contribution < 1.29 is 0 Å². The van der Waals surface area contributed by atoms with Gasteiger partial charge in [-0.3, -0.25) is 0 Å². The molecule has 1 aliphatic carbocycles. The summed E-state index contributed by atoms with van der Waals surface area (Å²) in [7, 11) is 0. The molecule has 1 nitrogen and oxygen atoms in total. The fourth-order valence-electron chi connectivity index (χ4n) is 2.87. The Kier molecular flexibility index (Phi) is 5.50. The molecule has 0 aliphatic heterocycles. The van der Waals surface area contributed by atoms with Crippen molar-refractivity contribution in [2.45, 2.75) is 73.3 Å². The Bertz CT molecular complexity index is 204. The zero-order chi connectivity index (χ0) is 13.1. The van der Waals surface area contributed by atoms with E-state index in [0.717, 1.165) is 23.8 Å². The highest BCUT2D eigenvalue weighted by Crippen LogP contribution is 2.51. The summed E-state index contributed by atoms with van der Waals surface area (Å²) in [5.41, 5.74) is 0.645. The van der Waals surface area contributed by atoms with Gasteiger partial charge in [0.15, 0.2) is 0 Å². The summed E-state index contributed by atoms with van der Waals surface area (Å²) in [5, 5.41) is 3.87. The van der Waals surface area contributed by atoms with Crippen LogP contribution in [0.25, 0.3) is 0 Å². The molecule has 17 heavy (non-hydrogen) atoms. The molecule has 1 aliphatic rings. The molecule has 1 saturated carbocycles. The summed E-state index contributed by atoms with van der Waals surface area (Å²) in [5.74, 6) is 2.45. The number of hydrogen-bond acceptors (Lipinski definition) is 1. The zero-order valence-electron chi connectivity index (χ0n) is 12.8. The summed E-state index contributed by atoms with van der Waals surface area (Å²) >= 11 is 0. The van der Waals surface area contributed by atoms with Gasteiger partial charge in [-0.05, 0) is 48.9 Å². The highest BCUT2D eigenvalue weighted by atomic mass is 14.9. The van der Waals surface area contributed by atoms with Crippen LogP contribution < -0.4 is 5.32 Å². The van der Waals surface area contributed by atoms with Crippen molar-refractivity contribution in [3.05, 3.63) is 0 Å². The molecule has 0 aromatic rings. The molecular weight excluding hydrogens is 206 g/mol. The molecule has 1 heteroatoms. The van der Waals surface area contributed by atoms with Crippen LogP contribution in [-0.4, -0.2) is 12.6 Å². The van der Waals surface area contributed by atoms with E-state index in [9.17, 15) is 0 Å². The van der Waals surface area contributed by atoms with Crippen LogP contribution in [0.2, 0.25) is 0 Å². The van der Waals surface area contributed by atoms with Crippen LogP contribution in [0.4, 0.5) is 0 Å². The third-order valence-corrected chi connectivity index (χ3v) is 4.37. The molecule has 0 amide bonds. The molecule has 1 rings (SSSR count). The minimum Gasteiger partial charge on any atom is -0.313 e. The van der Waals surface area contributed by atoms with E-state index in [0.29, 0.717) is 5.41 Å². The normalized spacial score (nSPS) is 18.7. The second-order valence-corrected chi connectivity index (χ2v) is 7.35. The third kappa shape index (κ3) is 4.99. The van der Waals surface area contributed by atoms with Crippen LogP contribution >= 0.6 is 0 Å². The Morgan fingerprint density at radius 3 is 1.65 bits per heavy atom. The topological polar surface area (TPSA) is 12.0 Å². The molecule has 0 unspecified atom stereocenters. The van der Waals surface area contributed by atoms with Crippen molar-refractivity contribution in [3.8, 4) is 0 Å². The van der Waals surface area contributed by atoms with Gasteiger partial charge in [0.1, 0.15) is 0 Å². The van der Waals surface area contributed by atoms with Crippen LogP contribution in [0, 0.1) is 23.2 Å². The lowest BCUT2D eigenvalue weighted by Gasteiger charge is -2.27. The van der Waals surface area contributed by atoms with Crippen molar-refractivity contribution in [2.75, 3.05) is 6.54 Å². The van der Waals surface area contributed by atoms with Gasteiger partial charge in [-0.1, -0.05) is 41.5 Å². The highest BCUT2D eigenvalue weighted by Gasteiger charge is 2.45. The van der Waals surface area contributed by atoms with Gasteiger partial charge in [0.25, 0.3) is 0 Å². The Hall–Kier alpha value is -0.0400. The lowest BCUT2D eigenvalue weighted by molar-refractivity contribution is 0.286. The van der Waals surface area contributed by atoms with Crippen LogP contribution in [0.15, 0.2) is 0 Å². The molecular formula is C16H33N. The van der Waals surface area contributed by atoms with Gasteiger partial charge in [0.2, 0.25) is 0 Å². The van der Waals surface area contributed by atoms with E-state index in [1.165, 1.54) is 32.2 Å². The van der Waals surface area contributed by atoms with Gasteiger partial charge in [-0.2, -0.15) is 0 Å². The summed E-state index contributed by atoms with van der Waals surface area (Å²) in [6.45, 7) is 15.4. The molecule has 0 saturated heterocycles. The van der Waals surface area contributed by atoms with Crippen molar-refractivity contribution in [1.29, 1.82) is 0 Å². The Morgan fingerprint density at radius 1 is 0.882 bits per heavy atom. The summed E-state index contributed by atoms with van der Waals surface area (Å²) in [6, 6.07) is 0.728. The first kappa shape index (κ1) is 15.0. The molecule has 0 heterocycles. The molecule has 0 bridgehead atoms. The highest BCUT2D eigenvalue weighted by molar-refractivity contribution is 4.97. The summed E-state index contributed by atoms with van der Waals surface area (Å²) in [4.78, 5) is 0. The van der Waals surface area contributed by atoms with E-state index in [1.807, 2.05) is 0 Å². The second kappa shape index (κ2) is 6.22. The zero-order valence-corrected chi connectivity index (χ0v) is 12.8. The van der Waals surface area contributed by atoms with Crippen LogP contribution in [0.3, 0.4) is 0 Å². The van der Waals surface area contributed by atoms with E-state index in [-0.39, 0.29) is 0 Å². The monoisotopic (exact) mass is 239 g/mol. The predicted octanol–water partition coefficient (Wildman–Crippen LogP) is 4.47. The largest absolute Gasteiger partial charge is 0.313 e. The first-order valence-corrected chi connectivity index (χ1v) is 7.59. The second-order valence-electron chi connectivity index (χ2n) is 7.35. The van der Waals surface area contributed by atoms with Crippen molar-refractivity contribution >= 4 is 0 Å². The Balaban J connectivity index is 2.38. The number of hydrogen-bond donors (Lipinski definition) is 1. The van der Waals surface area contributed by atoms with Gasteiger partial charge in [-0.15, -0.1) is 0 Å². The van der Waals surface area contributed by atoms with Gasteiger partial charge >= 0.3 is 0 Å². The SMILES string of the molecule is CC(C)CC(CC(C)C)NCC1(C(C)C)CC1. The first-order valence-electron chi connectivity index (χ1n) is 7.59. The van der Waals surface area contributed by atoms with Gasteiger partial charge in [0, 0.05) is 12.6 Å². The molecule has 0 aromatic heterocycles. The van der Waals surface area contributed by atoms with Crippen LogP contribution in [-0.2, 0) is 0 Å². The Morgan fingerprint density at radius 2 is 1.35 bits per heavy atom. The average molecular weight is 239 g/mol. The van der Waals surface area contributed by atoms with E-state index in [1.54, 1.807) is 0 Å². The summed E-state index contributed by atoms with van der Waals surface area (Å²) < 4.78 is 0. The smallest absolute Gasteiger partial charge is 0.00721 e. The Labute approximate surface area is 109 Å². The lowest BCUT2D eigenvalue weighted by Crippen LogP contribution is -2.37. The van der Waals surface area contributed by atoms with E-state index in [4.69, 9.17) is 0 Å². The predicted molar refractivity (Wildman–Crippen MR) is 77.2 cm³/mol. The third-order valence-electron chi connectivity index (χ3n) is 4.37. The molecule has 102 valence electrons. The quantitative estimate of drug-likeness (QED) is 0.659. The minimum absolute atomic E-state index is 0.645. The molecule has 1 N–H and O–H groups in total. The first-order chi connectivity index (χ1) is 7.85. The molecule has 0 radical (unpaired) electrons. The van der Waals surface area contributed by atoms with Crippen LogP contribution in [0.1, 0.15) is 67.2 Å². The van der Waals surface area contributed by atoms with Crippen molar-refractivity contribution in [1.82, 2.24) is 5.32 Å².